The Kier molecular flexibility index (Phi) is 16.6. The fraction of sp³-hybridized carbons (Fsp3) is 0.304. The number of carbonyl (C=O) groups is 5. The number of nitrogens with two attached hydrogens (primary N) is 2. The number of primary amides is 1. The average molecular weight is 987 g/mol. The number of pyridine rings is 1. The molecule has 0 bridgehead atoms. The maximum atomic E-state index is 13.9. The molecule has 0 spiro atoms. The van der Waals surface area contributed by atoms with Gasteiger partial charge in [-0.05, 0) is 82.3 Å². The number of hydrogen-bond donors (Lipinski definition) is 7. The molecule has 2 heterocycles. The maximum absolute atomic E-state index is 13.9. The Hall–Kier alpha value is -8.31. The third-order valence-electron chi connectivity index (χ3n) is 13.0. The minimum absolute atomic E-state index is 0.0640. The van der Waals surface area contributed by atoms with Crippen LogP contribution in [0.3, 0.4) is 0 Å². The van der Waals surface area contributed by atoms with Crippen LogP contribution in [0.15, 0.2) is 121 Å². The summed E-state index contributed by atoms with van der Waals surface area (Å²) in [6, 6.07) is 35.9. The second-order valence-electron chi connectivity index (χ2n) is 18.5. The zero-order valence-corrected chi connectivity index (χ0v) is 41.3. The molecule has 0 saturated heterocycles. The maximum Gasteiger partial charge on any atom is 0.413 e. The SMILES string of the molecule is CCCCc1nc2c(NC(=O)OCc3ccc(NC(=O)[C@H](CCCNC(N)=O)NC(=O)[C@@H](NC(=O)OCC4c5ccccc5-c5ccccc54)C(C)C)cc3)nc3ccccc3c2n1Cc1ccc(CN)cc1. The van der Waals surface area contributed by atoms with Crippen molar-refractivity contribution in [3.8, 4) is 11.1 Å². The van der Waals surface area contributed by atoms with Gasteiger partial charge in [-0.25, -0.2) is 24.4 Å². The van der Waals surface area contributed by atoms with Crippen molar-refractivity contribution >= 4 is 63.5 Å². The van der Waals surface area contributed by atoms with E-state index in [0.29, 0.717) is 41.8 Å². The Bertz CT molecular complexity index is 3060. The van der Waals surface area contributed by atoms with Gasteiger partial charge in [-0.3, -0.25) is 14.9 Å². The predicted octanol–water partition coefficient (Wildman–Crippen LogP) is 8.62. The number of nitrogens with one attached hydrogen (secondary N) is 5. The lowest BCUT2D eigenvalue weighted by molar-refractivity contribution is -0.128. The third kappa shape index (κ3) is 12.4. The van der Waals surface area contributed by atoms with Gasteiger partial charge in [-0.15, -0.1) is 0 Å². The summed E-state index contributed by atoms with van der Waals surface area (Å²) < 4.78 is 13.6. The summed E-state index contributed by atoms with van der Waals surface area (Å²) >= 11 is 0. The first-order chi connectivity index (χ1) is 35.4. The second-order valence-corrected chi connectivity index (χ2v) is 18.5. The van der Waals surface area contributed by atoms with Crippen LogP contribution in [0.5, 0.6) is 0 Å². The zero-order valence-electron chi connectivity index (χ0n) is 41.3. The highest BCUT2D eigenvalue weighted by Gasteiger charge is 2.32. The number of nitrogens with zero attached hydrogens (tertiary/aromatic N) is 3. The molecule has 0 radical (unpaired) electrons. The molecule has 0 aliphatic heterocycles. The van der Waals surface area contributed by atoms with Crippen LogP contribution < -0.4 is 38.1 Å². The summed E-state index contributed by atoms with van der Waals surface area (Å²) in [5.41, 5.74) is 20.7. The number of alkyl carbamates (subject to hydrolysis) is 1. The monoisotopic (exact) mass is 986 g/mol. The standard InChI is InChI=1S/C56H62N10O7/c1-4-5-20-47-63-49-50(66(47)31-36-23-21-35(30-57)22-24-36)43-17-10-11-18-45(43)61-51(49)65-56(71)72-32-37-25-27-38(28-26-37)60-52(67)46(19-12-29-59-54(58)69)62-53(68)48(34(2)3)64-55(70)73-33-44-41-15-8-6-13-39(41)40-14-7-9-16-42(40)44/h6-11,13-18,21-28,34,44,46,48H,4-5,12,19-20,29-33,57H2,1-3H3,(H,60,67)(H,62,68)(H,64,70)(H3,58,59,69)(H,61,65,71)/t46-,48-/m0/s1. The molecule has 378 valence electrons. The molecule has 7 aromatic rings. The number of rotatable bonds is 21. The largest absolute Gasteiger partial charge is 0.449 e. The number of benzene rings is 5. The number of para-hydroxylation sites is 1. The zero-order chi connectivity index (χ0) is 51.4. The van der Waals surface area contributed by atoms with Crippen LogP contribution in [0, 0.1) is 5.92 Å². The Morgan fingerprint density at radius 1 is 0.712 bits per heavy atom. The Balaban J connectivity index is 0.897. The molecule has 0 saturated carbocycles. The molecule has 0 fully saturated rings. The number of aromatic nitrogens is 3. The van der Waals surface area contributed by atoms with E-state index in [4.69, 9.17) is 30.9 Å². The first-order valence-electron chi connectivity index (χ1n) is 24.7. The van der Waals surface area contributed by atoms with Crippen LogP contribution in [-0.2, 0) is 45.2 Å². The fourth-order valence-electron chi connectivity index (χ4n) is 9.17. The van der Waals surface area contributed by atoms with Crippen LogP contribution in [0.25, 0.3) is 33.1 Å². The van der Waals surface area contributed by atoms with Gasteiger partial charge in [0.1, 0.15) is 36.6 Å². The van der Waals surface area contributed by atoms with Crippen molar-refractivity contribution in [2.24, 2.45) is 17.4 Å². The summed E-state index contributed by atoms with van der Waals surface area (Å²) in [7, 11) is 0. The van der Waals surface area contributed by atoms with Crippen LogP contribution >= 0.6 is 0 Å². The quantitative estimate of drug-likeness (QED) is 0.0338. The van der Waals surface area contributed by atoms with Gasteiger partial charge < -0.3 is 46.8 Å². The molecule has 0 unspecified atom stereocenters. The first-order valence-corrected chi connectivity index (χ1v) is 24.7. The molecular formula is C56H62N10O7. The van der Waals surface area contributed by atoms with E-state index in [2.05, 4.69) is 50.2 Å². The highest BCUT2D eigenvalue weighted by atomic mass is 16.6. The van der Waals surface area contributed by atoms with Crippen molar-refractivity contribution in [1.82, 2.24) is 30.5 Å². The van der Waals surface area contributed by atoms with Crippen molar-refractivity contribution in [2.45, 2.75) is 90.6 Å². The molecule has 8 rings (SSSR count). The van der Waals surface area contributed by atoms with E-state index in [0.717, 1.165) is 69.4 Å². The molecule has 5 aromatic carbocycles. The minimum Gasteiger partial charge on any atom is -0.449 e. The molecule has 17 nitrogen and oxygen atoms in total. The van der Waals surface area contributed by atoms with Gasteiger partial charge >= 0.3 is 18.2 Å². The van der Waals surface area contributed by atoms with Gasteiger partial charge in [-0.1, -0.05) is 130 Å². The number of amides is 6. The molecule has 9 N–H and O–H groups in total. The van der Waals surface area contributed by atoms with Crippen molar-refractivity contribution in [3.63, 3.8) is 0 Å². The van der Waals surface area contributed by atoms with E-state index in [1.807, 2.05) is 84.9 Å². The molecule has 2 atom stereocenters. The predicted molar refractivity (Wildman–Crippen MR) is 282 cm³/mol. The van der Waals surface area contributed by atoms with Crippen molar-refractivity contribution in [3.05, 3.63) is 155 Å². The average Bonchev–Trinajstić information content (AvgIpc) is 3.92. The summed E-state index contributed by atoms with van der Waals surface area (Å²) in [6.07, 6.45) is 1.61. The van der Waals surface area contributed by atoms with Crippen LogP contribution in [0.4, 0.5) is 25.9 Å². The highest BCUT2D eigenvalue weighted by molar-refractivity contribution is 6.09. The number of imidazole rings is 1. The molecule has 6 amide bonds. The number of fused-ring (bicyclic) bond motifs is 6. The molecule has 73 heavy (non-hydrogen) atoms. The lowest BCUT2D eigenvalue weighted by atomic mass is 9.98. The molecule has 2 aromatic heterocycles. The Morgan fingerprint density at radius 3 is 2.04 bits per heavy atom. The van der Waals surface area contributed by atoms with Crippen LogP contribution in [0.1, 0.15) is 86.0 Å². The number of unbranched alkanes of at least 4 members (excludes halogenated alkanes) is 1. The van der Waals surface area contributed by atoms with E-state index in [-0.39, 0.29) is 43.8 Å². The Labute approximate surface area is 423 Å². The minimum atomic E-state index is -1.06. The summed E-state index contributed by atoms with van der Waals surface area (Å²) in [5, 5.41) is 14.6. The van der Waals surface area contributed by atoms with E-state index < -0.39 is 42.1 Å². The van der Waals surface area contributed by atoms with E-state index in [1.165, 1.54) is 0 Å². The summed E-state index contributed by atoms with van der Waals surface area (Å²) in [5.74, 6) is -0.490. The number of ether oxygens (including phenoxy) is 2. The van der Waals surface area contributed by atoms with E-state index >= 15 is 0 Å². The molecule has 17 heteroatoms. The van der Waals surface area contributed by atoms with Crippen molar-refractivity contribution in [1.29, 1.82) is 0 Å². The van der Waals surface area contributed by atoms with Crippen molar-refractivity contribution in [2.75, 3.05) is 23.8 Å². The van der Waals surface area contributed by atoms with E-state index in [1.54, 1.807) is 38.1 Å². The number of aryl methyl sites for hydroxylation is 1. The number of carbonyl (C=O) groups excluding carboxylic acids is 5. The first kappa shape index (κ1) is 51.1. The van der Waals surface area contributed by atoms with Gasteiger partial charge in [0.15, 0.2) is 5.82 Å². The van der Waals surface area contributed by atoms with Crippen molar-refractivity contribution < 1.29 is 33.4 Å². The second kappa shape index (κ2) is 23.7. The normalized spacial score (nSPS) is 12.7. The van der Waals surface area contributed by atoms with Gasteiger partial charge in [0, 0.05) is 43.0 Å². The van der Waals surface area contributed by atoms with Gasteiger partial charge in [-0.2, -0.15) is 0 Å². The third-order valence-corrected chi connectivity index (χ3v) is 13.0. The van der Waals surface area contributed by atoms with E-state index in [9.17, 15) is 24.0 Å². The lowest BCUT2D eigenvalue weighted by Crippen LogP contribution is -2.54. The fourth-order valence-corrected chi connectivity index (χ4v) is 9.17. The summed E-state index contributed by atoms with van der Waals surface area (Å²) in [6.45, 7) is 6.86. The smallest absolute Gasteiger partial charge is 0.413 e. The van der Waals surface area contributed by atoms with Gasteiger partial charge in [0.2, 0.25) is 11.8 Å². The Morgan fingerprint density at radius 2 is 1.37 bits per heavy atom. The number of hydrogen-bond acceptors (Lipinski definition) is 10. The summed E-state index contributed by atoms with van der Waals surface area (Å²) in [4.78, 5) is 75.7. The topological polar surface area (TPSA) is 247 Å². The van der Waals surface area contributed by atoms with Gasteiger partial charge in [0.05, 0.1) is 11.0 Å². The molecule has 1 aliphatic carbocycles. The molecule has 1 aliphatic rings. The number of anilines is 2. The van der Waals surface area contributed by atoms with Crippen LogP contribution in [0.2, 0.25) is 0 Å². The highest BCUT2D eigenvalue weighted by Crippen LogP contribution is 2.44. The molecular weight excluding hydrogens is 925 g/mol. The van der Waals surface area contributed by atoms with Gasteiger partial charge in [0.25, 0.3) is 0 Å². The lowest BCUT2D eigenvalue weighted by Gasteiger charge is -2.25. The number of urea groups is 1. The van der Waals surface area contributed by atoms with Crippen LogP contribution in [-0.4, -0.2) is 69.8 Å².